The van der Waals surface area contributed by atoms with Crippen molar-refractivity contribution in [3.8, 4) is 0 Å². The molecule has 1 atom stereocenters. The molecule has 0 aromatic heterocycles. The summed E-state index contributed by atoms with van der Waals surface area (Å²) in [6.45, 7) is 9.02. The molecule has 1 heterocycles. The first-order valence-corrected chi connectivity index (χ1v) is 7.87. The monoisotopic (exact) mass is 324 g/mol. The molecule has 1 aromatic carbocycles. The van der Waals surface area contributed by atoms with Gasteiger partial charge in [0.25, 0.3) is 0 Å². The Bertz CT molecular complexity index is 442. The van der Waals surface area contributed by atoms with E-state index in [4.69, 9.17) is 0 Å². The number of hydrogen-bond donors (Lipinski definition) is 1. The summed E-state index contributed by atoms with van der Waals surface area (Å²) in [5.41, 5.74) is 3.14. The summed E-state index contributed by atoms with van der Waals surface area (Å²) in [5.74, 6) is 0. The number of nitrogens with zero attached hydrogens (tertiary/aromatic N) is 1. The molecule has 1 unspecified atom stereocenters. The van der Waals surface area contributed by atoms with Crippen LogP contribution in [0.25, 0.3) is 0 Å². The maximum Gasteiger partial charge on any atom is 0.0235 e. The van der Waals surface area contributed by atoms with Crippen LogP contribution in [0, 0.1) is 6.92 Å². The van der Waals surface area contributed by atoms with Crippen LogP contribution in [0.5, 0.6) is 0 Å². The first-order valence-electron chi connectivity index (χ1n) is 7.08. The third kappa shape index (κ3) is 4.04. The first kappa shape index (κ1) is 15.0. The van der Waals surface area contributed by atoms with E-state index in [1.807, 2.05) is 0 Å². The fourth-order valence-corrected chi connectivity index (χ4v) is 3.24. The zero-order valence-electron chi connectivity index (χ0n) is 12.5. The van der Waals surface area contributed by atoms with E-state index < -0.39 is 0 Å². The van der Waals surface area contributed by atoms with Crippen LogP contribution in [-0.4, -0.2) is 36.6 Å². The van der Waals surface area contributed by atoms with Crippen molar-refractivity contribution < 1.29 is 0 Å². The number of halogens is 1. The van der Waals surface area contributed by atoms with Gasteiger partial charge >= 0.3 is 0 Å². The highest BCUT2D eigenvalue weighted by molar-refractivity contribution is 9.10. The fourth-order valence-electron chi connectivity index (χ4n) is 2.83. The van der Waals surface area contributed by atoms with Gasteiger partial charge in [0.1, 0.15) is 0 Å². The number of aryl methyl sites for hydroxylation is 1. The molecule has 0 radical (unpaired) electrons. The molecule has 0 spiro atoms. The van der Waals surface area contributed by atoms with E-state index in [-0.39, 0.29) is 0 Å². The molecule has 1 fully saturated rings. The fraction of sp³-hybridized carbons (Fsp3) is 0.625. The minimum Gasteiger partial charge on any atom is -0.310 e. The van der Waals surface area contributed by atoms with Gasteiger partial charge in [-0.3, -0.25) is 0 Å². The summed E-state index contributed by atoms with van der Waals surface area (Å²) in [5, 5.41) is 3.60. The highest BCUT2D eigenvalue weighted by atomic mass is 79.9. The Morgan fingerprint density at radius 3 is 2.79 bits per heavy atom. The lowest BCUT2D eigenvalue weighted by atomic mass is 10.0. The summed E-state index contributed by atoms with van der Waals surface area (Å²) in [6, 6.07) is 7.23. The minimum atomic E-state index is 0.296. The van der Waals surface area contributed by atoms with E-state index in [2.05, 4.69) is 72.2 Å². The summed E-state index contributed by atoms with van der Waals surface area (Å²) < 4.78 is 1.18. The Balaban J connectivity index is 1.90. The Morgan fingerprint density at radius 1 is 1.42 bits per heavy atom. The molecule has 0 bridgehead atoms. The van der Waals surface area contributed by atoms with Crippen LogP contribution in [0.4, 0.5) is 0 Å². The molecule has 0 aliphatic carbocycles. The molecular weight excluding hydrogens is 300 g/mol. The smallest absolute Gasteiger partial charge is 0.0235 e. The molecule has 0 amide bonds. The maximum absolute atomic E-state index is 3.60. The lowest BCUT2D eigenvalue weighted by Crippen LogP contribution is -2.34. The largest absolute Gasteiger partial charge is 0.310 e. The van der Waals surface area contributed by atoms with Crippen LogP contribution >= 0.6 is 15.9 Å². The van der Waals surface area contributed by atoms with Crippen molar-refractivity contribution in [2.24, 2.45) is 0 Å². The van der Waals surface area contributed by atoms with E-state index in [0.29, 0.717) is 11.6 Å². The SMILES string of the molecule is Cc1ccc(Br)cc1CCN(C)C1CNC(C)(C)C1. The van der Waals surface area contributed by atoms with Crippen LogP contribution in [0.1, 0.15) is 31.4 Å². The van der Waals surface area contributed by atoms with Gasteiger partial charge in [-0.1, -0.05) is 22.0 Å². The third-order valence-corrected chi connectivity index (χ3v) is 4.72. The molecule has 1 aliphatic heterocycles. The second kappa shape index (κ2) is 5.94. The molecule has 1 saturated heterocycles. The van der Waals surface area contributed by atoms with Crippen molar-refractivity contribution in [1.29, 1.82) is 0 Å². The molecule has 0 saturated carbocycles. The minimum absolute atomic E-state index is 0.296. The number of likely N-dealkylation sites (N-methyl/N-ethyl adjacent to an activating group) is 1. The summed E-state index contributed by atoms with van der Waals surface area (Å²) in [6.07, 6.45) is 2.36. The first-order chi connectivity index (χ1) is 8.87. The van der Waals surface area contributed by atoms with Crippen molar-refractivity contribution in [2.75, 3.05) is 20.1 Å². The second-order valence-electron chi connectivity index (χ2n) is 6.42. The normalized spacial score (nSPS) is 22.1. The Hall–Kier alpha value is -0.380. The number of benzene rings is 1. The van der Waals surface area contributed by atoms with Gasteiger partial charge in [-0.15, -0.1) is 0 Å². The van der Waals surface area contributed by atoms with Crippen molar-refractivity contribution in [3.05, 3.63) is 33.8 Å². The van der Waals surface area contributed by atoms with Gasteiger partial charge in [0.15, 0.2) is 0 Å². The van der Waals surface area contributed by atoms with Crippen LogP contribution in [0.3, 0.4) is 0 Å². The van der Waals surface area contributed by atoms with Gasteiger partial charge < -0.3 is 10.2 Å². The number of rotatable bonds is 4. The molecular formula is C16H25BrN2. The molecule has 1 aliphatic rings. The van der Waals surface area contributed by atoms with E-state index in [1.165, 1.54) is 22.0 Å². The van der Waals surface area contributed by atoms with E-state index in [0.717, 1.165) is 19.5 Å². The Kier molecular flexibility index (Phi) is 4.70. The molecule has 2 nitrogen and oxygen atoms in total. The van der Waals surface area contributed by atoms with Crippen molar-refractivity contribution >= 4 is 15.9 Å². The van der Waals surface area contributed by atoms with Crippen LogP contribution in [-0.2, 0) is 6.42 Å². The highest BCUT2D eigenvalue weighted by Crippen LogP contribution is 2.22. The zero-order chi connectivity index (χ0) is 14.0. The number of nitrogens with one attached hydrogen (secondary N) is 1. The van der Waals surface area contributed by atoms with Crippen molar-refractivity contribution in [2.45, 2.75) is 45.2 Å². The number of hydrogen-bond acceptors (Lipinski definition) is 2. The topological polar surface area (TPSA) is 15.3 Å². The predicted molar refractivity (Wildman–Crippen MR) is 85.7 cm³/mol. The zero-order valence-corrected chi connectivity index (χ0v) is 14.0. The average Bonchev–Trinajstić information content (AvgIpc) is 2.70. The van der Waals surface area contributed by atoms with Gasteiger partial charge in [-0.05, 0) is 63.9 Å². The van der Waals surface area contributed by atoms with Gasteiger partial charge in [0.2, 0.25) is 0 Å². The van der Waals surface area contributed by atoms with Crippen LogP contribution < -0.4 is 5.32 Å². The molecule has 1 aromatic rings. The van der Waals surface area contributed by atoms with E-state index in [9.17, 15) is 0 Å². The van der Waals surface area contributed by atoms with Crippen molar-refractivity contribution in [3.63, 3.8) is 0 Å². The van der Waals surface area contributed by atoms with Gasteiger partial charge in [-0.2, -0.15) is 0 Å². The predicted octanol–water partition coefficient (Wildman–Crippen LogP) is 3.37. The molecule has 106 valence electrons. The highest BCUT2D eigenvalue weighted by Gasteiger charge is 2.32. The molecule has 19 heavy (non-hydrogen) atoms. The standard InChI is InChI=1S/C16H25BrN2/c1-12-5-6-14(17)9-13(12)7-8-19(4)15-10-16(2,3)18-11-15/h5-6,9,15,18H,7-8,10-11H2,1-4H3. The van der Waals surface area contributed by atoms with Gasteiger partial charge in [-0.25, -0.2) is 0 Å². The summed E-state index contributed by atoms with van der Waals surface area (Å²) >= 11 is 3.56. The molecule has 2 rings (SSSR count). The Morgan fingerprint density at radius 2 is 2.16 bits per heavy atom. The molecule has 3 heteroatoms. The van der Waals surface area contributed by atoms with Crippen LogP contribution in [0.2, 0.25) is 0 Å². The third-order valence-electron chi connectivity index (χ3n) is 4.23. The second-order valence-corrected chi connectivity index (χ2v) is 7.34. The summed E-state index contributed by atoms with van der Waals surface area (Å²) in [7, 11) is 2.25. The lowest BCUT2D eigenvalue weighted by molar-refractivity contribution is 0.251. The Labute approximate surface area is 125 Å². The van der Waals surface area contributed by atoms with Crippen molar-refractivity contribution in [1.82, 2.24) is 10.2 Å². The van der Waals surface area contributed by atoms with Gasteiger partial charge in [0, 0.05) is 29.1 Å². The lowest BCUT2D eigenvalue weighted by Gasteiger charge is -2.25. The quantitative estimate of drug-likeness (QED) is 0.913. The summed E-state index contributed by atoms with van der Waals surface area (Å²) in [4.78, 5) is 2.50. The average molecular weight is 325 g/mol. The van der Waals surface area contributed by atoms with E-state index in [1.54, 1.807) is 0 Å². The van der Waals surface area contributed by atoms with Crippen LogP contribution in [0.15, 0.2) is 22.7 Å². The maximum atomic E-state index is 3.60. The van der Waals surface area contributed by atoms with E-state index >= 15 is 0 Å². The molecule has 1 N–H and O–H groups in total. The van der Waals surface area contributed by atoms with Gasteiger partial charge in [0.05, 0.1) is 0 Å².